The molecule has 3 rings (SSSR count). The summed E-state index contributed by atoms with van der Waals surface area (Å²) in [5.74, 6) is 0. The molecule has 0 bridgehead atoms. The average molecular weight is 371 g/mol. The summed E-state index contributed by atoms with van der Waals surface area (Å²) >= 11 is 15.5. The first-order valence-electron chi connectivity index (χ1n) is 5.94. The maximum absolute atomic E-state index is 6.16. The Kier molecular flexibility index (Phi) is 3.87. The van der Waals surface area contributed by atoms with Gasteiger partial charge in [0.25, 0.3) is 0 Å². The minimum Gasteiger partial charge on any atom is -0.378 e. The lowest BCUT2D eigenvalue weighted by Crippen LogP contribution is -2.00. The van der Waals surface area contributed by atoms with Crippen molar-refractivity contribution in [2.75, 3.05) is 5.32 Å². The highest BCUT2D eigenvalue weighted by Crippen LogP contribution is 2.26. The highest BCUT2D eigenvalue weighted by atomic mass is 79.9. The van der Waals surface area contributed by atoms with Gasteiger partial charge in [0.2, 0.25) is 0 Å². The second-order valence-corrected chi connectivity index (χ2v) is 6.08. The molecule has 0 aliphatic heterocycles. The van der Waals surface area contributed by atoms with Crippen LogP contribution in [0.4, 0.5) is 5.69 Å². The Morgan fingerprint density at radius 1 is 1.15 bits per heavy atom. The van der Waals surface area contributed by atoms with Crippen LogP contribution in [0.15, 0.2) is 47.2 Å². The molecule has 6 heteroatoms. The Bertz CT molecular complexity index is 770. The fourth-order valence-electron chi connectivity index (χ4n) is 1.92. The van der Waals surface area contributed by atoms with Gasteiger partial charge >= 0.3 is 0 Å². The Morgan fingerprint density at radius 2 is 2.00 bits per heavy atom. The van der Waals surface area contributed by atoms with E-state index >= 15 is 0 Å². The number of nitrogens with zero attached hydrogens (tertiary/aromatic N) is 2. The molecule has 0 saturated carbocycles. The Balaban J connectivity index is 1.79. The molecule has 20 heavy (non-hydrogen) atoms. The number of benzene rings is 1. The predicted molar refractivity (Wildman–Crippen MR) is 86.7 cm³/mol. The number of anilines is 1. The van der Waals surface area contributed by atoms with Crippen molar-refractivity contribution in [3.8, 4) is 0 Å². The summed E-state index contributed by atoms with van der Waals surface area (Å²) in [5, 5.41) is 4.63. The number of imidazole rings is 1. The van der Waals surface area contributed by atoms with Crippen molar-refractivity contribution in [3.63, 3.8) is 0 Å². The molecule has 3 aromatic rings. The van der Waals surface area contributed by atoms with Gasteiger partial charge in [0.1, 0.15) is 5.65 Å². The highest BCUT2D eigenvalue weighted by Gasteiger charge is 2.04. The van der Waals surface area contributed by atoms with Gasteiger partial charge < -0.3 is 9.72 Å². The summed E-state index contributed by atoms with van der Waals surface area (Å²) in [5.41, 5.74) is 2.67. The minimum absolute atomic E-state index is 0.598. The molecule has 0 saturated heterocycles. The lowest BCUT2D eigenvalue weighted by atomic mass is 10.3. The third-order valence-electron chi connectivity index (χ3n) is 2.86. The van der Waals surface area contributed by atoms with Gasteiger partial charge in [0, 0.05) is 16.9 Å². The van der Waals surface area contributed by atoms with Crippen molar-refractivity contribution in [2.45, 2.75) is 6.54 Å². The number of pyridine rings is 1. The SMILES string of the molecule is Clc1ccc2nc(CNc3ccc(Br)cc3Cl)cn2c1. The summed E-state index contributed by atoms with van der Waals surface area (Å²) < 4.78 is 2.86. The van der Waals surface area contributed by atoms with Gasteiger partial charge in [-0.25, -0.2) is 4.98 Å². The number of halogens is 3. The molecule has 0 atom stereocenters. The molecule has 1 aromatic carbocycles. The Hall–Kier alpha value is -1.23. The molecule has 0 radical (unpaired) electrons. The zero-order valence-corrected chi connectivity index (χ0v) is 13.4. The van der Waals surface area contributed by atoms with Crippen molar-refractivity contribution >= 4 is 50.5 Å². The molecule has 2 aromatic heterocycles. The maximum Gasteiger partial charge on any atom is 0.137 e. The van der Waals surface area contributed by atoms with Gasteiger partial charge in [-0.3, -0.25) is 0 Å². The van der Waals surface area contributed by atoms with E-state index in [0.29, 0.717) is 16.6 Å². The summed E-state index contributed by atoms with van der Waals surface area (Å²) in [7, 11) is 0. The predicted octanol–water partition coefficient (Wildman–Crippen LogP) is 5.02. The summed E-state index contributed by atoms with van der Waals surface area (Å²) in [4.78, 5) is 4.51. The average Bonchev–Trinajstić information content (AvgIpc) is 2.79. The minimum atomic E-state index is 0.598. The topological polar surface area (TPSA) is 29.3 Å². The molecule has 0 aliphatic carbocycles. The van der Waals surface area contributed by atoms with E-state index < -0.39 is 0 Å². The molecule has 2 heterocycles. The van der Waals surface area contributed by atoms with Crippen molar-refractivity contribution < 1.29 is 0 Å². The zero-order chi connectivity index (χ0) is 14.1. The number of rotatable bonds is 3. The molecular weight excluding hydrogens is 361 g/mol. The van der Waals surface area contributed by atoms with E-state index in [9.17, 15) is 0 Å². The van der Waals surface area contributed by atoms with Crippen molar-refractivity contribution in [1.29, 1.82) is 0 Å². The van der Waals surface area contributed by atoms with E-state index in [2.05, 4.69) is 26.2 Å². The van der Waals surface area contributed by atoms with Crippen molar-refractivity contribution in [2.24, 2.45) is 0 Å². The third-order valence-corrected chi connectivity index (χ3v) is 3.89. The van der Waals surface area contributed by atoms with Crippen LogP contribution < -0.4 is 5.32 Å². The van der Waals surface area contributed by atoms with Crippen LogP contribution in [0.25, 0.3) is 5.65 Å². The Labute approximate surface area is 134 Å². The van der Waals surface area contributed by atoms with E-state index in [4.69, 9.17) is 23.2 Å². The molecule has 0 fully saturated rings. The first-order chi connectivity index (χ1) is 9.61. The number of hydrogen-bond acceptors (Lipinski definition) is 2. The lowest BCUT2D eigenvalue weighted by Gasteiger charge is -2.06. The molecule has 0 spiro atoms. The Morgan fingerprint density at radius 3 is 2.80 bits per heavy atom. The fourth-order valence-corrected chi connectivity index (χ4v) is 2.83. The monoisotopic (exact) mass is 369 g/mol. The smallest absolute Gasteiger partial charge is 0.137 e. The molecule has 0 aliphatic rings. The van der Waals surface area contributed by atoms with Gasteiger partial charge in [0.15, 0.2) is 0 Å². The lowest BCUT2D eigenvalue weighted by molar-refractivity contribution is 1.08. The summed E-state index contributed by atoms with van der Waals surface area (Å²) in [6.45, 7) is 0.598. The van der Waals surface area contributed by atoms with E-state index in [0.717, 1.165) is 21.5 Å². The van der Waals surface area contributed by atoms with Crippen LogP contribution in [0.3, 0.4) is 0 Å². The molecule has 1 N–H and O–H groups in total. The van der Waals surface area contributed by atoms with Crippen LogP contribution in [-0.4, -0.2) is 9.38 Å². The standard InChI is InChI=1S/C14H10BrCl2N3/c15-9-1-3-13(12(17)5-9)18-6-11-8-20-7-10(16)2-4-14(20)19-11/h1-5,7-8,18H,6H2. The molecule has 0 unspecified atom stereocenters. The van der Waals surface area contributed by atoms with Crippen LogP contribution in [0, 0.1) is 0 Å². The van der Waals surface area contributed by atoms with Crippen LogP contribution >= 0.6 is 39.1 Å². The van der Waals surface area contributed by atoms with E-state index in [1.165, 1.54) is 0 Å². The number of fused-ring (bicyclic) bond motifs is 1. The second-order valence-electron chi connectivity index (χ2n) is 4.32. The van der Waals surface area contributed by atoms with Crippen LogP contribution in [0.1, 0.15) is 5.69 Å². The van der Waals surface area contributed by atoms with Crippen LogP contribution in [-0.2, 0) is 6.54 Å². The number of hydrogen-bond donors (Lipinski definition) is 1. The van der Waals surface area contributed by atoms with E-state index in [1.807, 2.05) is 47.1 Å². The van der Waals surface area contributed by atoms with Gasteiger partial charge in [-0.15, -0.1) is 0 Å². The van der Waals surface area contributed by atoms with E-state index in [-0.39, 0.29) is 0 Å². The first kappa shape index (κ1) is 13.7. The normalized spacial score (nSPS) is 10.9. The van der Waals surface area contributed by atoms with Crippen LogP contribution in [0.5, 0.6) is 0 Å². The van der Waals surface area contributed by atoms with Gasteiger partial charge in [-0.05, 0) is 30.3 Å². The third kappa shape index (κ3) is 2.92. The quantitative estimate of drug-likeness (QED) is 0.701. The van der Waals surface area contributed by atoms with Gasteiger partial charge in [-0.2, -0.15) is 0 Å². The van der Waals surface area contributed by atoms with Crippen LogP contribution in [0.2, 0.25) is 10.0 Å². The molecule has 102 valence electrons. The second kappa shape index (κ2) is 5.64. The largest absolute Gasteiger partial charge is 0.378 e. The highest BCUT2D eigenvalue weighted by molar-refractivity contribution is 9.10. The maximum atomic E-state index is 6.16. The molecule has 3 nitrogen and oxygen atoms in total. The number of aromatic nitrogens is 2. The molecular formula is C14H10BrCl2N3. The summed E-state index contributed by atoms with van der Waals surface area (Å²) in [6.07, 6.45) is 3.78. The van der Waals surface area contributed by atoms with Crippen molar-refractivity contribution in [1.82, 2.24) is 9.38 Å². The number of nitrogens with one attached hydrogen (secondary N) is 1. The summed E-state index contributed by atoms with van der Waals surface area (Å²) in [6, 6.07) is 9.44. The van der Waals surface area contributed by atoms with E-state index in [1.54, 1.807) is 0 Å². The van der Waals surface area contributed by atoms with Crippen molar-refractivity contribution in [3.05, 3.63) is 62.9 Å². The first-order valence-corrected chi connectivity index (χ1v) is 7.49. The van der Waals surface area contributed by atoms with Gasteiger partial charge in [-0.1, -0.05) is 39.1 Å². The van der Waals surface area contributed by atoms with Gasteiger partial charge in [0.05, 0.1) is 28.0 Å². The fraction of sp³-hybridized carbons (Fsp3) is 0.0714. The molecule has 0 amide bonds. The zero-order valence-electron chi connectivity index (χ0n) is 10.3.